The second-order valence-corrected chi connectivity index (χ2v) is 4.67. The smallest absolute Gasteiger partial charge is 0.0489 e. The molecule has 3 rings (SSSR count). The van der Waals surface area contributed by atoms with Crippen LogP contribution in [-0.4, -0.2) is 4.98 Å². The second kappa shape index (κ2) is 2.86. The highest BCUT2D eigenvalue weighted by Crippen LogP contribution is 2.36. The highest BCUT2D eigenvalue weighted by atomic mass is 14.8. The average molecular weight is 200 g/mol. The third kappa shape index (κ3) is 1.15. The summed E-state index contributed by atoms with van der Waals surface area (Å²) in [6.07, 6.45) is 2.19. The predicted molar refractivity (Wildman–Crippen MR) is 63.0 cm³/mol. The topological polar surface area (TPSA) is 41.8 Å². The van der Waals surface area contributed by atoms with Crippen LogP contribution in [0.25, 0.3) is 10.9 Å². The zero-order valence-electron chi connectivity index (χ0n) is 9.22. The van der Waals surface area contributed by atoms with Crippen LogP contribution in [0.15, 0.2) is 12.1 Å². The first-order valence-corrected chi connectivity index (χ1v) is 5.54. The minimum atomic E-state index is 0.231. The van der Waals surface area contributed by atoms with E-state index in [0.717, 1.165) is 12.8 Å². The van der Waals surface area contributed by atoms with Crippen LogP contribution in [0, 0.1) is 13.8 Å². The van der Waals surface area contributed by atoms with Gasteiger partial charge >= 0.3 is 0 Å². The first kappa shape index (κ1) is 8.98. The minimum Gasteiger partial charge on any atom is -0.358 e. The summed E-state index contributed by atoms with van der Waals surface area (Å²) in [6, 6.07) is 4.71. The van der Waals surface area contributed by atoms with Gasteiger partial charge in [-0.1, -0.05) is 11.6 Å². The van der Waals surface area contributed by atoms with Gasteiger partial charge in [-0.05, 0) is 43.9 Å². The molecule has 0 saturated heterocycles. The number of H-pyrrole nitrogens is 1. The maximum absolute atomic E-state index is 6.14. The van der Waals surface area contributed by atoms with Crippen molar-refractivity contribution in [1.82, 2.24) is 4.98 Å². The van der Waals surface area contributed by atoms with Crippen LogP contribution in [0.5, 0.6) is 0 Å². The van der Waals surface area contributed by atoms with Crippen molar-refractivity contribution in [2.24, 2.45) is 5.73 Å². The molecule has 0 amide bonds. The average Bonchev–Trinajstić information content (AvgIpc) is 2.68. The van der Waals surface area contributed by atoms with Gasteiger partial charge in [0.1, 0.15) is 0 Å². The summed E-state index contributed by atoms with van der Waals surface area (Å²) in [6.45, 7) is 4.30. The van der Waals surface area contributed by atoms with Crippen molar-refractivity contribution in [2.75, 3.05) is 0 Å². The van der Waals surface area contributed by atoms with Gasteiger partial charge in [0, 0.05) is 22.6 Å². The lowest BCUT2D eigenvalue weighted by molar-refractivity contribution is 0.714. The van der Waals surface area contributed by atoms with Crippen molar-refractivity contribution >= 4 is 10.9 Å². The fraction of sp³-hybridized carbons (Fsp3) is 0.385. The van der Waals surface area contributed by atoms with Crippen molar-refractivity contribution < 1.29 is 0 Å². The minimum absolute atomic E-state index is 0.231. The number of hydrogen-bond acceptors (Lipinski definition) is 1. The molecule has 78 valence electrons. The molecule has 0 aliphatic heterocycles. The van der Waals surface area contributed by atoms with E-state index in [1.54, 1.807) is 0 Å². The fourth-order valence-corrected chi connectivity index (χ4v) is 2.79. The molecule has 2 heteroatoms. The van der Waals surface area contributed by atoms with Crippen molar-refractivity contribution in [2.45, 2.75) is 32.7 Å². The standard InChI is InChI=1S/C13H16N2/c1-7-5-8(2)13-9(6-7)12-10(14)3-4-11(12)15-13/h5-6,10,15H,3-4,14H2,1-2H3. The molecule has 1 aromatic carbocycles. The van der Waals surface area contributed by atoms with Gasteiger partial charge in [0.15, 0.2) is 0 Å². The summed E-state index contributed by atoms with van der Waals surface area (Å²) in [7, 11) is 0. The molecule has 1 atom stereocenters. The summed E-state index contributed by atoms with van der Waals surface area (Å²) in [5.41, 5.74) is 12.8. The Kier molecular flexibility index (Phi) is 1.71. The van der Waals surface area contributed by atoms with E-state index in [1.165, 1.54) is 33.3 Å². The maximum Gasteiger partial charge on any atom is 0.0489 e. The van der Waals surface area contributed by atoms with E-state index in [4.69, 9.17) is 5.73 Å². The fourth-order valence-electron chi connectivity index (χ4n) is 2.79. The molecule has 0 bridgehead atoms. The second-order valence-electron chi connectivity index (χ2n) is 4.67. The maximum atomic E-state index is 6.14. The molecule has 0 radical (unpaired) electrons. The van der Waals surface area contributed by atoms with Crippen molar-refractivity contribution in [3.63, 3.8) is 0 Å². The SMILES string of the molecule is Cc1cc(C)c2[nH]c3c(c2c1)C(N)CC3. The lowest BCUT2D eigenvalue weighted by Crippen LogP contribution is -2.04. The first-order chi connectivity index (χ1) is 7.16. The third-order valence-corrected chi connectivity index (χ3v) is 3.45. The molecule has 1 aromatic heterocycles. The van der Waals surface area contributed by atoms with Gasteiger partial charge in [0.2, 0.25) is 0 Å². The Bertz CT molecular complexity index is 537. The Morgan fingerprint density at radius 3 is 2.93 bits per heavy atom. The number of hydrogen-bond donors (Lipinski definition) is 2. The zero-order valence-corrected chi connectivity index (χ0v) is 9.22. The molecular formula is C13H16N2. The monoisotopic (exact) mass is 200 g/mol. The van der Waals surface area contributed by atoms with Crippen LogP contribution >= 0.6 is 0 Å². The summed E-state index contributed by atoms with van der Waals surface area (Å²) in [4.78, 5) is 3.52. The first-order valence-electron chi connectivity index (χ1n) is 5.54. The van der Waals surface area contributed by atoms with E-state index >= 15 is 0 Å². The quantitative estimate of drug-likeness (QED) is 0.674. The Labute approximate surface area is 89.5 Å². The Hall–Kier alpha value is -1.28. The van der Waals surface area contributed by atoms with Gasteiger partial charge in [0.25, 0.3) is 0 Å². The lowest BCUT2D eigenvalue weighted by atomic mass is 10.0. The third-order valence-electron chi connectivity index (χ3n) is 3.45. The molecule has 0 spiro atoms. The number of nitrogens with two attached hydrogens (primary N) is 1. The molecule has 1 heterocycles. The normalized spacial score (nSPS) is 19.8. The van der Waals surface area contributed by atoms with Crippen LogP contribution < -0.4 is 5.73 Å². The summed E-state index contributed by atoms with van der Waals surface area (Å²) >= 11 is 0. The number of nitrogens with one attached hydrogen (secondary N) is 1. The molecule has 1 aliphatic carbocycles. The summed E-state index contributed by atoms with van der Waals surface area (Å²) in [5.74, 6) is 0. The zero-order chi connectivity index (χ0) is 10.6. The molecule has 1 aliphatic rings. The van der Waals surface area contributed by atoms with E-state index in [2.05, 4.69) is 31.0 Å². The number of rotatable bonds is 0. The van der Waals surface area contributed by atoms with Gasteiger partial charge in [-0.15, -0.1) is 0 Å². The number of aromatic amines is 1. The largest absolute Gasteiger partial charge is 0.358 e. The highest BCUT2D eigenvalue weighted by Gasteiger charge is 2.24. The molecule has 15 heavy (non-hydrogen) atoms. The number of aromatic nitrogens is 1. The Balaban J connectivity index is 2.41. The molecule has 2 nitrogen and oxygen atoms in total. The van der Waals surface area contributed by atoms with Crippen LogP contribution in [0.3, 0.4) is 0 Å². The van der Waals surface area contributed by atoms with E-state index < -0.39 is 0 Å². The molecule has 1 unspecified atom stereocenters. The molecular weight excluding hydrogens is 184 g/mol. The number of aryl methyl sites for hydroxylation is 3. The van der Waals surface area contributed by atoms with Crippen LogP contribution in [-0.2, 0) is 6.42 Å². The van der Waals surface area contributed by atoms with E-state index in [-0.39, 0.29) is 6.04 Å². The molecule has 0 fully saturated rings. The highest BCUT2D eigenvalue weighted by molar-refractivity contribution is 5.89. The van der Waals surface area contributed by atoms with Gasteiger partial charge in [-0.2, -0.15) is 0 Å². The number of fused-ring (bicyclic) bond motifs is 3. The van der Waals surface area contributed by atoms with Gasteiger partial charge < -0.3 is 10.7 Å². The molecule has 0 saturated carbocycles. The van der Waals surface area contributed by atoms with Gasteiger partial charge in [-0.25, -0.2) is 0 Å². The predicted octanol–water partition coefficient (Wildman–Crippen LogP) is 2.73. The summed E-state index contributed by atoms with van der Waals surface area (Å²) in [5, 5.41) is 1.34. The van der Waals surface area contributed by atoms with E-state index in [9.17, 15) is 0 Å². The van der Waals surface area contributed by atoms with Crippen molar-refractivity contribution in [3.8, 4) is 0 Å². The Morgan fingerprint density at radius 2 is 2.13 bits per heavy atom. The van der Waals surface area contributed by atoms with E-state index in [0.29, 0.717) is 0 Å². The lowest BCUT2D eigenvalue weighted by Gasteiger charge is -2.05. The van der Waals surface area contributed by atoms with E-state index in [1.807, 2.05) is 0 Å². The van der Waals surface area contributed by atoms with Gasteiger partial charge in [-0.3, -0.25) is 0 Å². The molecule has 2 aromatic rings. The molecule has 3 N–H and O–H groups in total. The number of benzene rings is 1. The van der Waals surface area contributed by atoms with Gasteiger partial charge in [0.05, 0.1) is 0 Å². The van der Waals surface area contributed by atoms with Crippen LogP contribution in [0.2, 0.25) is 0 Å². The van der Waals surface area contributed by atoms with Crippen LogP contribution in [0.1, 0.15) is 34.8 Å². The Morgan fingerprint density at radius 1 is 1.33 bits per heavy atom. The van der Waals surface area contributed by atoms with Crippen molar-refractivity contribution in [3.05, 3.63) is 34.5 Å². The van der Waals surface area contributed by atoms with Crippen molar-refractivity contribution in [1.29, 1.82) is 0 Å². The summed E-state index contributed by atoms with van der Waals surface area (Å²) < 4.78 is 0. The van der Waals surface area contributed by atoms with Crippen LogP contribution in [0.4, 0.5) is 0 Å².